The number of carbonyl (C=O) groups is 6. The lowest BCUT2D eigenvalue weighted by molar-refractivity contribution is -0.134. The molecule has 2 N–H and O–H groups in total. The summed E-state index contributed by atoms with van der Waals surface area (Å²) in [6.07, 6.45) is -3.63. The second kappa shape index (κ2) is 29.0. The minimum absolute atomic E-state index is 0.0586. The number of nitrogens with zero attached hydrogens (tertiary/aromatic N) is 7. The lowest BCUT2D eigenvalue weighted by Gasteiger charge is -2.36. The summed E-state index contributed by atoms with van der Waals surface area (Å²) in [6.45, 7) is 18.7. The lowest BCUT2D eigenvalue weighted by Crippen LogP contribution is -2.50. The highest BCUT2D eigenvalue weighted by atomic mass is 79.9. The van der Waals surface area contributed by atoms with Crippen LogP contribution in [-0.4, -0.2) is 192 Å². The van der Waals surface area contributed by atoms with Crippen LogP contribution in [0.15, 0.2) is 84.9 Å². The minimum Gasteiger partial charge on any atom is -0.484 e. The average Bonchev–Trinajstić information content (AvgIpc) is 3.67. The van der Waals surface area contributed by atoms with Crippen molar-refractivity contribution in [2.24, 2.45) is 0 Å². The Morgan fingerprint density at radius 1 is 0.565 bits per heavy atom. The summed E-state index contributed by atoms with van der Waals surface area (Å²) >= 11 is 3.40. The number of piperazine rings is 2. The van der Waals surface area contributed by atoms with Crippen molar-refractivity contribution in [3.05, 3.63) is 108 Å². The zero-order chi connectivity index (χ0) is 60.8. The molecule has 0 aliphatic carbocycles. The molecule has 25 heteroatoms. The molecule has 6 amide bonds. The van der Waals surface area contributed by atoms with E-state index in [0.717, 1.165) is 43.7 Å². The number of cyclic esters (lactones) is 2. The van der Waals surface area contributed by atoms with E-state index in [-0.39, 0.29) is 51.2 Å². The van der Waals surface area contributed by atoms with E-state index in [0.29, 0.717) is 86.6 Å². The first-order valence-corrected chi connectivity index (χ1v) is 29.5. The fraction of sp³-hybridized carbons (Fsp3) is 0.500. The number of rotatable bonds is 17. The Balaban J connectivity index is 0.000000223. The SMILES string of the molecule is CC(C)(C)OC(=O)NC[C@H]1CN(c2ccc(N3CCN(C(=O)COc4ccc(CBr)cc4)CC3)c(F)c2)C(=O)O1.CC(C)(C)OC(=O)NC[C@H]1CN(c2ccc(N3CCN(C(=O)COc4ccc(CN5CCOCC5)cc4)CC3)c(F)c2)C(=O)O1. The highest BCUT2D eigenvalue weighted by Crippen LogP contribution is 2.31. The van der Waals surface area contributed by atoms with Crippen LogP contribution in [0.4, 0.5) is 50.7 Å². The van der Waals surface area contributed by atoms with Gasteiger partial charge < -0.3 is 63.4 Å². The zero-order valence-corrected chi connectivity index (χ0v) is 50.5. The number of carbonyl (C=O) groups excluding carboxylic acids is 6. The molecule has 85 heavy (non-hydrogen) atoms. The fourth-order valence-electron chi connectivity index (χ4n) is 9.79. The van der Waals surface area contributed by atoms with Gasteiger partial charge in [0.15, 0.2) is 13.2 Å². The Morgan fingerprint density at radius 2 is 0.965 bits per heavy atom. The monoisotopic (exact) mass is 1250 g/mol. The molecular weight excluding hydrogens is 1170 g/mol. The summed E-state index contributed by atoms with van der Waals surface area (Å²) in [5.74, 6) is 0.0784. The van der Waals surface area contributed by atoms with Gasteiger partial charge in [-0.1, -0.05) is 40.2 Å². The van der Waals surface area contributed by atoms with Crippen LogP contribution in [0.3, 0.4) is 0 Å². The van der Waals surface area contributed by atoms with Crippen molar-refractivity contribution in [3.63, 3.8) is 0 Å². The minimum atomic E-state index is -0.643. The maximum atomic E-state index is 15.2. The molecule has 22 nitrogen and oxygen atoms in total. The molecule has 5 aliphatic heterocycles. The Morgan fingerprint density at radius 3 is 1.34 bits per heavy atom. The molecule has 0 saturated carbocycles. The molecule has 0 unspecified atom stereocenters. The van der Waals surface area contributed by atoms with Gasteiger partial charge in [0.1, 0.15) is 46.5 Å². The van der Waals surface area contributed by atoms with Crippen LogP contribution < -0.4 is 39.7 Å². The summed E-state index contributed by atoms with van der Waals surface area (Å²) in [7, 11) is 0. The van der Waals surface area contributed by atoms with Gasteiger partial charge in [-0.25, -0.2) is 28.0 Å². The van der Waals surface area contributed by atoms with E-state index in [1.165, 1.54) is 27.5 Å². The molecule has 5 fully saturated rings. The van der Waals surface area contributed by atoms with Crippen molar-refractivity contribution < 1.29 is 70.7 Å². The quantitative estimate of drug-likeness (QED) is 0.0772. The van der Waals surface area contributed by atoms with Crippen LogP contribution in [0.5, 0.6) is 11.5 Å². The molecule has 5 heterocycles. The second-order valence-electron chi connectivity index (χ2n) is 22.9. The summed E-state index contributed by atoms with van der Waals surface area (Å²) in [4.78, 5) is 86.3. The summed E-state index contributed by atoms with van der Waals surface area (Å²) < 4.78 is 68.2. The number of alkyl halides is 1. The second-order valence-corrected chi connectivity index (χ2v) is 23.5. The third kappa shape index (κ3) is 18.7. The molecule has 0 spiro atoms. The maximum absolute atomic E-state index is 15.2. The number of alkyl carbamates (subject to hydrolysis) is 2. The van der Waals surface area contributed by atoms with Crippen LogP contribution in [0.25, 0.3) is 0 Å². The number of morpholine rings is 1. The van der Waals surface area contributed by atoms with Crippen molar-refractivity contribution in [1.82, 2.24) is 25.3 Å². The number of hydrogen-bond acceptors (Lipinski definition) is 16. The zero-order valence-electron chi connectivity index (χ0n) is 49.0. The van der Waals surface area contributed by atoms with Crippen molar-refractivity contribution >= 4 is 74.9 Å². The summed E-state index contributed by atoms with van der Waals surface area (Å²) in [5, 5.41) is 5.93. The largest absolute Gasteiger partial charge is 0.484 e. The van der Waals surface area contributed by atoms with E-state index in [9.17, 15) is 28.8 Å². The lowest BCUT2D eigenvalue weighted by atomic mass is 10.2. The van der Waals surface area contributed by atoms with Crippen molar-refractivity contribution in [1.29, 1.82) is 0 Å². The molecular formula is C60H76BrF2N9O13. The van der Waals surface area contributed by atoms with Gasteiger partial charge >= 0.3 is 24.4 Å². The van der Waals surface area contributed by atoms with Crippen molar-refractivity contribution in [2.75, 3.05) is 138 Å². The molecule has 0 radical (unpaired) electrons. The van der Waals surface area contributed by atoms with Gasteiger partial charge in [-0.05, 0) is 113 Å². The summed E-state index contributed by atoms with van der Waals surface area (Å²) in [6, 6.07) is 24.5. The topological polar surface area (TPSA) is 214 Å². The third-order valence-corrected chi connectivity index (χ3v) is 14.8. The van der Waals surface area contributed by atoms with Crippen molar-refractivity contribution in [2.45, 2.75) is 76.8 Å². The normalized spacial score (nSPS) is 18.5. The van der Waals surface area contributed by atoms with E-state index < -0.39 is 59.4 Å². The highest BCUT2D eigenvalue weighted by molar-refractivity contribution is 9.08. The maximum Gasteiger partial charge on any atom is 0.414 e. The van der Waals surface area contributed by atoms with E-state index in [1.807, 2.05) is 58.3 Å². The first kappa shape index (κ1) is 63.4. The molecule has 9 rings (SSSR count). The van der Waals surface area contributed by atoms with Gasteiger partial charge in [0.05, 0.1) is 62.1 Å². The van der Waals surface area contributed by atoms with Gasteiger partial charge in [0.25, 0.3) is 11.8 Å². The molecule has 0 bridgehead atoms. The van der Waals surface area contributed by atoms with E-state index in [2.05, 4.69) is 31.5 Å². The number of benzene rings is 4. The number of hydrogen-bond donors (Lipinski definition) is 2. The van der Waals surface area contributed by atoms with E-state index in [4.69, 9.17) is 33.2 Å². The number of amides is 6. The van der Waals surface area contributed by atoms with Gasteiger partial charge in [0.2, 0.25) is 0 Å². The molecule has 0 aromatic heterocycles. The predicted octanol–water partition coefficient (Wildman–Crippen LogP) is 7.53. The first-order chi connectivity index (χ1) is 40.6. The molecule has 4 aromatic carbocycles. The molecule has 5 aliphatic rings. The van der Waals surface area contributed by atoms with Crippen LogP contribution >= 0.6 is 15.9 Å². The fourth-order valence-corrected chi connectivity index (χ4v) is 10.2. The van der Waals surface area contributed by atoms with Gasteiger partial charge in [-0.2, -0.15) is 0 Å². The van der Waals surface area contributed by atoms with Gasteiger partial charge in [0, 0.05) is 77.3 Å². The number of anilines is 4. The standard InChI is InChI=1S/C32H42FN5O7.C28H34BrFN4O6/c1-32(2,3)45-30(40)34-19-26-21-38(31(41)44-26)24-6-9-28(27(33)18-24)36-10-12-37(13-11-36)29(39)22-43-25-7-4-23(5-8-25)20-35-14-16-42-17-15-35;1-28(2,3)40-26(36)31-16-22-17-34(27(37)39-22)20-6-9-24(23(30)14-20)32-10-12-33(13-11-32)25(35)18-38-21-7-4-19(15-29)5-8-21/h4-9,18,26H,10-17,19-22H2,1-3H3,(H,34,40);4-9,14,22H,10-13,15-18H2,1-3H3,(H,31,36)/t26-;22-/m00/s1. The molecule has 5 saturated heterocycles. The van der Waals surface area contributed by atoms with Gasteiger partial charge in [-0.3, -0.25) is 24.3 Å². The van der Waals surface area contributed by atoms with E-state index >= 15 is 8.78 Å². The number of halogens is 3. The Hall–Kier alpha value is -7.64. The van der Waals surface area contributed by atoms with Crippen LogP contribution in [0.1, 0.15) is 52.7 Å². The molecule has 2 atom stereocenters. The first-order valence-electron chi connectivity index (χ1n) is 28.4. The third-order valence-electron chi connectivity index (χ3n) is 14.2. The average molecular weight is 1250 g/mol. The van der Waals surface area contributed by atoms with Crippen LogP contribution in [0, 0.1) is 11.6 Å². The smallest absolute Gasteiger partial charge is 0.414 e. The summed E-state index contributed by atoms with van der Waals surface area (Å²) in [5.41, 5.74) is 2.54. The molecule has 4 aromatic rings. The van der Waals surface area contributed by atoms with Crippen LogP contribution in [-0.2, 0) is 45.1 Å². The van der Waals surface area contributed by atoms with E-state index in [1.54, 1.807) is 75.6 Å². The Kier molecular flexibility index (Phi) is 21.6. The Labute approximate surface area is 502 Å². The van der Waals surface area contributed by atoms with Crippen molar-refractivity contribution in [3.8, 4) is 11.5 Å². The number of ether oxygens (including phenoxy) is 7. The molecule has 460 valence electrons. The number of nitrogens with one attached hydrogen (secondary N) is 2. The predicted molar refractivity (Wildman–Crippen MR) is 317 cm³/mol. The van der Waals surface area contributed by atoms with Crippen LogP contribution in [0.2, 0.25) is 0 Å². The van der Waals surface area contributed by atoms with Gasteiger partial charge in [-0.15, -0.1) is 0 Å². The highest BCUT2D eigenvalue weighted by Gasteiger charge is 2.36. The Bertz CT molecular complexity index is 2950.